The molecule has 0 aromatic carbocycles. The lowest BCUT2D eigenvalue weighted by atomic mass is 10.1. The first-order valence-corrected chi connectivity index (χ1v) is 6.88. The summed E-state index contributed by atoms with van der Waals surface area (Å²) in [7, 11) is 0. The molecule has 1 aromatic heterocycles. The molecule has 1 aromatic rings. The molecule has 0 spiro atoms. The molecule has 17 heavy (non-hydrogen) atoms. The number of rotatable bonds is 5. The quantitative estimate of drug-likeness (QED) is 0.852. The zero-order valence-electron chi connectivity index (χ0n) is 11.0. The van der Waals surface area contributed by atoms with Crippen LogP contribution in [0.25, 0.3) is 0 Å². The van der Waals surface area contributed by atoms with Crippen molar-refractivity contribution in [3.8, 4) is 0 Å². The SMILES string of the molecule is CCC[C@H](c1ccc(CC)o1)N1CCNCC1. The zero-order chi connectivity index (χ0) is 12.1. The minimum Gasteiger partial charge on any atom is -0.464 e. The Kier molecular flexibility index (Phi) is 4.63. The molecule has 0 saturated carbocycles. The Morgan fingerprint density at radius 1 is 1.29 bits per heavy atom. The van der Waals surface area contributed by atoms with Crippen molar-refractivity contribution in [2.24, 2.45) is 0 Å². The van der Waals surface area contributed by atoms with Gasteiger partial charge in [-0.15, -0.1) is 0 Å². The Morgan fingerprint density at radius 2 is 2.06 bits per heavy atom. The molecular formula is C14H24N2O. The van der Waals surface area contributed by atoms with Crippen LogP contribution < -0.4 is 5.32 Å². The summed E-state index contributed by atoms with van der Waals surface area (Å²) in [6.07, 6.45) is 3.38. The van der Waals surface area contributed by atoms with E-state index in [2.05, 4.69) is 36.2 Å². The summed E-state index contributed by atoms with van der Waals surface area (Å²) < 4.78 is 5.94. The van der Waals surface area contributed by atoms with Crippen molar-refractivity contribution in [1.29, 1.82) is 0 Å². The molecule has 1 N–H and O–H groups in total. The minimum absolute atomic E-state index is 0.474. The molecule has 0 aliphatic carbocycles. The van der Waals surface area contributed by atoms with E-state index in [1.807, 2.05) is 0 Å². The van der Waals surface area contributed by atoms with Crippen LogP contribution in [0.15, 0.2) is 16.5 Å². The molecule has 1 fully saturated rings. The molecule has 1 atom stereocenters. The van der Waals surface area contributed by atoms with Crippen molar-refractivity contribution >= 4 is 0 Å². The van der Waals surface area contributed by atoms with Crippen LogP contribution in [0.1, 0.15) is 44.3 Å². The standard InChI is InChI=1S/C14H24N2O/c1-3-5-13(16-10-8-15-9-11-16)14-7-6-12(4-2)17-14/h6-7,13,15H,3-5,8-11H2,1-2H3/t13-/m1/s1. The largest absolute Gasteiger partial charge is 0.464 e. The van der Waals surface area contributed by atoms with Crippen molar-refractivity contribution in [1.82, 2.24) is 10.2 Å². The van der Waals surface area contributed by atoms with E-state index >= 15 is 0 Å². The lowest BCUT2D eigenvalue weighted by Crippen LogP contribution is -2.45. The van der Waals surface area contributed by atoms with Crippen molar-refractivity contribution < 1.29 is 4.42 Å². The maximum Gasteiger partial charge on any atom is 0.121 e. The molecule has 0 radical (unpaired) electrons. The van der Waals surface area contributed by atoms with Gasteiger partial charge in [-0.1, -0.05) is 20.3 Å². The van der Waals surface area contributed by atoms with Gasteiger partial charge in [0.2, 0.25) is 0 Å². The third-order valence-corrected chi connectivity index (χ3v) is 3.51. The fourth-order valence-corrected chi connectivity index (χ4v) is 2.54. The predicted octanol–water partition coefficient (Wildman–Crippen LogP) is 2.59. The average molecular weight is 236 g/mol. The van der Waals surface area contributed by atoms with Crippen LogP contribution in [0.4, 0.5) is 0 Å². The molecule has 2 rings (SSSR count). The van der Waals surface area contributed by atoms with E-state index in [1.165, 1.54) is 12.8 Å². The second-order valence-corrected chi connectivity index (χ2v) is 4.75. The monoisotopic (exact) mass is 236 g/mol. The fourth-order valence-electron chi connectivity index (χ4n) is 2.54. The zero-order valence-corrected chi connectivity index (χ0v) is 11.0. The fraction of sp³-hybridized carbons (Fsp3) is 0.714. The average Bonchev–Trinajstić information content (AvgIpc) is 2.85. The summed E-state index contributed by atoms with van der Waals surface area (Å²) in [6.45, 7) is 8.85. The lowest BCUT2D eigenvalue weighted by molar-refractivity contribution is 0.144. The highest BCUT2D eigenvalue weighted by molar-refractivity contribution is 5.11. The van der Waals surface area contributed by atoms with Gasteiger partial charge in [-0.05, 0) is 18.6 Å². The first-order chi connectivity index (χ1) is 8.35. The number of aryl methyl sites for hydroxylation is 1. The van der Waals surface area contributed by atoms with Crippen molar-refractivity contribution in [3.63, 3.8) is 0 Å². The molecule has 0 unspecified atom stereocenters. The second-order valence-electron chi connectivity index (χ2n) is 4.75. The van der Waals surface area contributed by atoms with Crippen LogP contribution in [0.5, 0.6) is 0 Å². The second kappa shape index (κ2) is 6.22. The molecular weight excluding hydrogens is 212 g/mol. The summed E-state index contributed by atoms with van der Waals surface area (Å²) in [5.74, 6) is 2.27. The van der Waals surface area contributed by atoms with E-state index in [9.17, 15) is 0 Å². The van der Waals surface area contributed by atoms with E-state index in [0.717, 1.165) is 44.1 Å². The summed E-state index contributed by atoms with van der Waals surface area (Å²) >= 11 is 0. The molecule has 96 valence electrons. The van der Waals surface area contributed by atoms with Gasteiger partial charge in [-0.25, -0.2) is 0 Å². The van der Waals surface area contributed by atoms with Crippen LogP contribution >= 0.6 is 0 Å². The number of furan rings is 1. The van der Waals surface area contributed by atoms with Crippen molar-refractivity contribution in [3.05, 3.63) is 23.7 Å². The van der Waals surface area contributed by atoms with E-state index < -0.39 is 0 Å². The van der Waals surface area contributed by atoms with E-state index in [1.54, 1.807) is 0 Å². The third kappa shape index (κ3) is 3.11. The molecule has 3 nitrogen and oxygen atoms in total. The number of hydrogen-bond donors (Lipinski definition) is 1. The van der Waals surface area contributed by atoms with E-state index in [4.69, 9.17) is 4.42 Å². The number of piperazine rings is 1. The van der Waals surface area contributed by atoms with Gasteiger partial charge in [-0.3, -0.25) is 4.90 Å². The highest BCUT2D eigenvalue weighted by Crippen LogP contribution is 2.27. The van der Waals surface area contributed by atoms with E-state index in [0.29, 0.717) is 6.04 Å². The van der Waals surface area contributed by atoms with Crippen LogP contribution in [0, 0.1) is 0 Å². The van der Waals surface area contributed by atoms with Gasteiger partial charge in [-0.2, -0.15) is 0 Å². The summed E-state index contributed by atoms with van der Waals surface area (Å²) in [6, 6.07) is 4.77. The van der Waals surface area contributed by atoms with Gasteiger partial charge < -0.3 is 9.73 Å². The maximum atomic E-state index is 5.94. The molecule has 1 aliphatic heterocycles. The van der Waals surface area contributed by atoms with Gasteiger partial charge in [0.1, 0.15) is 11.5 Å². The smallest absolute Gasteiger partial charge is 0.121 e. The summed E-state index contributed by atoms with van der Waals surface area (Å²) in [5.41, 5.74) is 0. The van der Waals surface area contributed by atoms with Crippen LogP contribution in [-0.4, -0.2) is 31.1 Å². The number of hydrogen-bond acceptors (Lipinski definition) is 3. The van der Waals surface area contributed by atoms with Crippen molar-refractivity contribution in [2.75, 3.05) is 26.2 Å². The van der Waals surface area contributed by atoms with Gasteiger partial charge in [0, 0.05) is 32.6 Å². The molecule has 0 bridgehead atoms. The highest BCUT2D eigenvalue weighted by Gasteiger charge is 2.23. The maximum absolute atomic E-state index is 5.94. The first kappa shape index (κ1) is 12.7. The Bertz CT molecular complexity index is 329. The van der Waals surface area contributed by atoms with Crippen molar-refractivity contribution in [2.45, 2.75) is 39.2 Å². The van der Waals surface area contributed by atoms with Crippen LogP contribution in [0.3, 0.4) is 0 Å². The van der Waals surface area contributed by atoms with E-state index in [-0.39, 0.29) is 0 Å². The normalized spacial score (nSPS) is 19.4. The lowest BCUT2D eigenvalue weighted by Gasteiger charge is -2.33. The van der Waals surface area contributed by atoms with Crippen LogP contribution in [-0.2, 0) is 6.42 Å². The Morgan fingerprint density at radius 3 is 2.65 bits per heavy atom. The minimum atomic E-state index is 0.474. The molecule has 3 heteroatoms. The molecule has 0 amide bonds. The Labute approximate surface area is 104 Å². The third-order valence-electron chi connectivity index (χ3n) is 3.51. The summed E-state index contributed by atoms with van der Waals surface area (Å²) in [4.78, 5) is 2.55. The number of nitrogens with zero attached hydrogens (tertiary/aromatic N) is 1. The molecule has 1 saturated heterocycles. The van der Waals surface area contributed by atoms with Gasteiger partial charge in [0.15, 0.2) is 0 Å². The Hall–Kier alpha value is -0.800. The number of nitrogens with one attached hydrogen (secondary N) is 1. The topological polar surface area (TPSA) is 28.4 Å². The van der Waals surface area contributed by atoms with Gasteiger partial charge in [0.05, 0.1) is 6.04 Å². The highest BCUT2D eigenvalue weighted by atomic mass is 16.3. The van der Waals surface area contributed by atoms with Gasteiger partial charge in [0.25, 0.3) is 0 Å². The first-order valence-electron chi connectivity index (χ1n) is 6.88. The molecule has 1 aliphatic rings. The Balaban J connectivity index is 2.09. The predicted molar refractivity (Wildman–Crippen MR) is 70.2 cm³/mol. The van der Waals surface area contributed by atoms with Crippen LogP contribution in [0.2, 0.25) is 0 Å². The van der Waals surface area contributed by atoms with Gasteiger partial charge >= 0.3 is 0 Å². The molecule has 2 heterocycles. The summed E-state index contributed by atoms with van der Waals surface area (Å²) in [5, 5.41) is 3.41.